The van der Waals surface area contributed by atoms with Crippen molar-refractivity contribution in [3.63, 3.8) is 0 Å². The van der Waals surface area contributed by atoms with Crippen LogP contribution in [-0.4, -0.2) is 35.9 Å². The average Bonchev–Trinajstić information content (AvgIpc) is 2.89. The molecule has 194 valence electrons. The van der Waals surface area contributed by atoms with Gasteiger partial charge in [-0.05, 0) is 59.5 Å². The SMILES string of the molecule is CCOc1ccc(/C(=C\C=C\C(=O)Nc2ccccc2C(CO)CO)c2ccc(C(F)(F)F)cc2)cc1. The first-order valence-corrected chi connectivity index (χ1v) is 11.7. The van der Waals surface area contributed by atoms with Gasteiger partial charge in [0.05, 0.1) is 25.4 Å². The van der Waals surface area contributed by atoms with Gasteiger partial charge in [0.25, 0.3) is 0 Å². The summed E-state index contributed by atoms with van der Waals surface area (Å²) in [5.74, 6) is -0.321. The second-order valence-corrected chi connectivity index (χ2v) is 8.11. The highest BCUT2D eigenvalue weighted by atomic mass is 19.4. The Bertz CT molecular complexity index is 1230. The van der Waals surface area contributed by atoms with Gasteiger partial charge >= 0.3 is 6.18 Å². The molecule has 0 aromatic heterocycles. The van der Waals surface area contributed by atoms with E-state index in [0.29, 0.717) is 34.7 Å². The molecule has 0 aliphatic heterocycles. The molecule has 8 heteroatoms. The number of aliphatic hydroxyl groups is 2. The molecule has 0 aliphatic rings. The Morgan fingerprint density at radius 2 is 1.54 bits per heavy atom. The lowest BCUT2D eigenvalue weighted by Crippen LogP contribution is -2.15. The number of nitrogens with one attached hydrogen (secondary N) is 1. The summed E-state index contributed by atoms with van der Waals surface area (Å²) in [5.41, 5.74) is 2.20. The fourth-order valence-corrected chi connectivity index (χ4v) is 3.72. The van der Waals surface area contributed by atoms with Crippen molar-refractivity contribution < 1.29 is 32.9 Å². The van der Waals surface area contributed by atoms with E-state index in [1.54, 1.807) is 54.6 Å². The Morgan fingerprint density at radius 3 is 2.11 bits per heavy atom. The third-order valence-electron chi connectivity index (χ3n) is 5.61. The van der Waals surface area contributed by atoms with Gasteiger partial charge in [0.2, 0.25) is 5.91 Å². The van der Waals surface area contributed by atoms with Gasteiger partial charge in [0, 0.05) is 17.7 Å². The number of alkyl halides is 3. The Morgan fingerprint density at radius 1 is 0.946 bits per heavy atom. The molecule has 5 nitrogen and oxygen atoms in total. The van der Waals surface area contributed by atoms with Gasteiger partial charge in [-0.3, -0.25) is 4.79 Å². The van der Waals surface area contributed by atoms with Crippen molar-refractivity contribution in [1.29, 1.82) is 0 Å². The lowest BCUT2D eigenvalue weighted by molar-refractivity contribution is -0.137. The van der Waals surface area contributed by atoms with Gasteiger partial charge in [-0.2, -0.15) is 13.2 Å². The first kappa shape index (κ1) is 27.7. The third kappa shape index (κ3) is 7.55. The van der Waals surface area contributed by atoms with Gasteiger partial charge in [0.1, 0.15) is 5.75 Å². The molecular formula is C29H28F3NO4. The summed E-state index contributed by atoms with van der Waals surface area (Å²) in [4.78, 5) is 12.6. The molecule has 0 heterocycles. The standard InChI is InChI=1S/C29H28F3NO4/c1-2-37-24-16-12-21(13-17-24)25(20-10-14-23(15-11-20)29(30,31)32)7-5-9-28(36)33-27-8-4-3-6-26(27)22(18-34)19-35/h3-17,22,34-35H,2,18-19H2,1H3,(H,33,36)/b9-5+,25-7-. The van der Waals surface area contributed by atoms with Crippen molar-refractivity contribution in [3.05, 3.63) is 113 Å². The molecule has 0 saturated carbocycles. The zero-order valence-electron chi connectivity index (χ0n) is 20.2. The number of carbonyl (C=O) groups excluding carboxylic acids is 1. The van der Waals surface area contributed by atoms with E-state index in [-0.39, 0.29) is 13.2 Å². The minimum absolute atomic E-state index is 0.277. The van der Waals surface area contributed by atoms with Crippen LogP contribution in [0.5, 0.6) is 5.75 Å². The number of rotatable bonds is 10. The number of ether oxygens (including phenoxy) is 1. The molecule has 0 spiro atoms. The number of anilines is 1. The number of para-hydroxylation sites is 1. The minimum atomic E-state index is -4.44. The average molecular weight is 512 g/mol. The zero-order chi connectivity index (χ0) is 26.8. The number of hydrogen-bond donors (Lipinski definition) is 3. The number of aliphatic hydroxyl groups excluding tert-OH is 2. The smallest absolute Gasteiger partial charge is 0.416 e. The number of hydrogen-bond acceptors (Lipinski definition) is 4. The van der Waals surface area contributed by atoms with E-state index in [9.17, 15) is 28.2 Å². The van der Waals surface area contributed by atoms with E-state index in [1.165, 1.54) is 24.3 Å². The van der Waals surface area contributed by atoms with Crippen LogP contribution in [0.1, 0.15) is 35.1 Å². The van der Waals surface area contributed by atoms with Gasteiger partial charge in [-0.25, -0.2) is 0 Å². The number of carbonyl (C=O) groups is 1. The van der Waals surface area contributed by atoms with Crippen molar-refractivity contribution in [2.45, 2.75) is 19.0 Å². The lowest BCUT2D eigenvalue weighted by atomic mass is 9.96. The van der Waals surface area contributed by atoms with E-state index < -0.39 is 23.6 Å². The molecule has 37 heavy (non-hydrogen) atoms. The molecule has 1 amide bonds. The second kappa shape index (κ2) is 12.9. The molecule has 0 atom stereocenters. The summed E-state index contributed by atoms with van der Waals surface area (Å²) in [7, 11) is 0. The molecule has 0 radical (unpaired) electrons. The van der Waals surface area contributed by atoms with Crippen LogP contribution in [0.2, 0.25) is 0 Å². The normalized spacial score (nSPS) is 12.2. The molecule has 3 N–H and O–H groups in total. The van der Waals surface area contributed by atoms with Crippen LogP contribution in [0, 0.1) is 0 Å². The Labute approximate surface area is 213 Å². The molecule has 0 unspecified atom stereocenters. The largest absolute Gasteiger partial charge is 0.494 e. The summed E-state index contributed by atoms with van der Waals surface area (Å²) in [6.07, 6.45) is 0.00814. The highest BCUT2D eigenvalue weighted by Crippen LogP contribution is 2.32. The van der Waals surface area contributed by atoms with Gasteiger partial charge in [0.15, 0.2) is 0 Å². The first-order valence-electron chi connectivity index (χ1n) is 11.7. The number of allylic oxidation sites excluding steroid dienone is 2. The van der Waals surface area contributed by atoms with Crippen LogP contribution < -0.4 is 10.1 Å². The van der Waals surface area contributed by atoms with Crippen molar-refractivity contribution in [2.75, 3.05) is 25.1 Å². The Kier molecular flexibility index (Phi) is 9.65. The van der Waals surface area contributed by atoms with Crippen LogP contribution in [0.4, 0.5) is 18.9 Å². The summed E-state index contributed by atoms with van der Waals surface area (Å²) in [6, 6.07) is 18.8. The quantitative estimate of drug-likeness (QED) is 0.238. The number of benzene rings is 3. The van der Waals surface area contributed by atoms with Crippen LogP contribution in [-0.2, 0) is 11.0 Å². The topological polar surface area (TPSA) is 78.8 Å². The Hall–Kier alpha value is -3.88. The molecule has 0 aliphatic carbocycles. The van der Waals surface area contributed by atoms with E-state index in [0.717, 1.165) is 17.7 Å². The molecule has 3 aromatic carbocycles. The predicted octanol–water partition coefficient (Wildman–Crippen LogP) is 5.80. The van der Waals surface area contributed by atoms with Crippen molar-refractivity contribution in [3.8, 4) is 5.75 Å². The predicted molar refractivity (Wildman–Crippen MR) is 137 cm³/mol. The molecule has 0 bridgehead atoms. The molecule has 0 fully saturated rings. The second-order valence-electron chi connectivity index (χ2n) is 8.11. The highest BCUT2D eigenvalue weighted by molar-refractivity contribution is 6.00. The van der Waals surface area contributed by atoms with E-state index in [2.05, 4.69) is 5.32 Å². The molecule has 3 rings (SSSR count). The number of halogens is 3. The zero-order valence-corrected chi connectivity index (χ0v) is 20.2. The van der Waals surface area contributed by atoms with Crippen molar-refractivity contribution >= 4 is 17.2 Å². The fourth-order valence-electron chi connectivity index (χ4n) is 3.72. The fraction of sp³-hybridized carbons (Fsp3) is 0.207. The van der Waals surface area contributed by atoms with Crippen LogP contribution in [0.15, 0.2) is 91.0 Å². The summed E-state index contributed by atoms with van der Waals surface area (Å²) in [5, 5.41) is 21.7. The van der Waals surface area contributed by atoms with Crippen molar-refractivity contribution in [2.24, 2.45) is 0 Å². The molecule has 3 aromatic rings. The van der Waals surface area contributed by atoms with Gasteiger partial charge < -0.3 is 20.3 Å². The van der Waals surface area contributed by atoms with Crippen LogP contribution in [0.25, 0.3) is 5.57 Å². The first-order chi connectivity index (χ1) is 17.8. The lowest BCUT2D eigenvalue weighted by Gasteiger charge is -2.16. The van der Waals surface area contributed by atoms with Crippen molar-refractivity contribution in [1.82, 2.24) is 0 Å². The van der Waals surface area contributed by atoms with Crippen LogP contribution in [0.3, 0.4) is 0 Å². The summed E-state index contributed by atoms with van der Waals surface area (Å²) in [6.45, 7) is 1.81. The maximum Gasteiger partial charge on any atom is 0.416 e. The molecular weight excluding hydrogens is 483 g/mol. The highest BCUT2D eigenvalue weighted by Gasteiger charge is 2.30. The minimum Gasteiger partial charge on any atom is -0.494 e. The summed E-state index contributed by atoms with van der Waals surface area (Å²) >= 11 is 0. The van der Waals surface area contributed by atoms with E-state index >= 15 is 0 Å². The molecule has 0 saturated heterocycles. The maximum atomic E-state index is 13.0. The maximum absolute atomic E-state index is 13.0. The summed E-state index contributed by atoms with van der Waals surface area (Å²) < 4.78 is 44.6. The van der Waals surface area contributed by atoms with Gasteiger partial charge in [-0.1, -0.05) is 54.6 Å². The van der Waals surface area contributed by atoms with Crippen LogP contribution >= 0.6 is 0 Å². The Balaban J connectivity index is 1.88. The number of amides is 1. The van der Waals surface area contributed by atoms with Gasteiger partial charge in [-0.15, -0.1) is 0 Å². The monoisotopic (exact) mass is 511 g/mol. The third-order valence-corrected chi connectivity index (χ3v) is 5.61. The van der Waals surface area contributed by atoms with E-state index in [1.807, 2.05) is 6.92 Å². The van der Waals surface area contributed by atoms with E-state index in [4.69, 9.17) is 4.74 Å².